The van der Waals surface area contributed by atoms with E-state index >= 15 is 0 Å². The van der Waals surface area contributed by atoms with E-state index in [1.807, 2.05) is 0 Å². The zero-order valence-electron chi connectivity index (χ0n) is 17.2. The highest BCUT2D eigenvalue weighted by molar-refractivity contribution is 7.89. The highest BCUT2D eigenvalue weighted by atomic mass is 32.2. The molecule has 0 unspecified atom stereocenters. The molecule has 0 atom stereocenters. The number of carbonyl (C=O) groups is 2. The van der Waals surface area contributed by atoms with Crippen LogP contribution in [0.3, 0.4) is 0 Å². The SMILES string of the molecule is COC(=O)c1ccsc1NC(=O)CCn1c(=O)oc2cc(S(=O)(=O)N3CCCC3)ccc21. The Labute approximate surface area is 187 Å². The monoisotopic (exact) mass is 479 g/mol. The molecular formula is C20H21N3O7S2. The number of fused-ring (bicyclic) bond motifs is 1. The molecule has 1 amide bonds. The van der Waals surface area contributed by atoms with E-state index in [1.165, 1.54) is 45.5 Å². The number of carbonyl (C=O) groups excluding carboxylic acids is 2. The summed E-state index contributed by atoms with van der Waals surface area (Å²) >= 11 is 1.18. The van der Waals surface area contributed by atoms with Gasteiger partial charge in [-0.3, -0.25) is 9.36 Å². The summed E-state index contributed by atoms with van der Waals surface area (Å²) in [6.45, 7) is 0.972. The summed E-state index contributed by atoms with van der Waals surface area (Å²) in [6, 6.07) is 5.84. The number of anilines is 1. The van der Waals surface area contributed by atoms with Crippen molar-refractivity contribution in [3.05, 3.63) is 45.8 Å². The van der Waals surface area contributed by atoms with Crippen LogP contribution < -0.4 is 11.1 Å². The Kier molecular flexibility index (Phi) is 6.17. The molecule has 1 aliphatic rings. The first-order valence-electron chi connectivity index (χ1n) is 9.90. The molecule has 0 aliphatic carbocycles. The van der Waals surface area contributed by atoms with Crippen LogP contribution in [0.5, 0.6) is 0 Å². The summed E-state index contributed by atoms with van der Waals surface area (Å²) in [5.41, 5.74) is 0.792. The van der Waals surface area contributed by atoms with Gasteiger partial charge in [0.15, 0.2) is 5.58 Å². The van der Waals surface area contributed by atoms with E-state index in [1.54, 1.807) is 11.4 Å². The molecule has 10 nitrogen and oxygen atoms in total. The number of thiophene rings is 1. The van der Waals surface area contributed by atoms with Crippen molar-refractivity contribution in [3.8, 4) is 0 Å². The van der Waals surface area contributed by atoms with Crippen molar-refractivity contribution in [3.63, 3.8) is 0 Å². The van der Waals surface area contributed by atoms with E-state index in [2.05, 4.69) is 10.1 Å². The third-order valence-corrected chi connectivity index (χ3v) is 7.95. The molecule has 0 radical (unpaired) electrons. The summed E-state index contributed by atoms with van der Waals surface area (Å²) < 4.78 is 38.1. The maximum absolute atomic E-state index is 12.7. The average Bonchev–Trinajstić information content (AvgIpc) is 3.51. The highest BCUT2D eigenvalue weighted by Crippen LogP contribution is 2.25. The summed E-state index contributed by atoms with van der Waals surface area (Å²) in [6.07, 6.45) is 1.59. The second kappa shape index (κ2) is 8.88. The first-order valence-corrected chi connectivity index (χ1v) is 12.2. The van der Waals surface area contributed by atoms with Crippen LogP contribution in [-0.4, -0.2) is 49.4 Å². The van der Waals surface area contributed by atoms with Crippen LogP contribution in [0.15, 0.2) is 43.8 Å². The van der Waals surface area contributed by atoms with Crippen LogP contribution in [-0.2, 0) is 26.1 Å². The summed E-state index contributed by atoms with van der Waals surface area (Å²) in [4.78, 5) is 36.5. The Morgan fingerprint density at radius 3 is 2.69 bits per heavy atom. The normalized spacial score (nSPS) is 14.7. The number of sulfonamides is 1. The molecule has 0 bridgehead atoms. The molecule has 170 valence electrons. The fraction of sp³-hybridized carbons (Fsp3) is 0.350. The molecule has 1 fully saturated rings. The number of hydrogen-bond donors (Lipinski definition) is 1. The molecule has 1 saturated heterocycles. The van der Waals surface area contributed by atoms with Gasteiger partial charge in [0.1, 0.15) is 5.00 Å². The number of rotatable bonds is 7. The number of oxazole rings is 1. The zero-order valence-corrected chi connectivity index (χ0v) is 18.8. The summed E-state index contributed by atoms with van der Waals surface area (Å²) in [5, 5.41) is 4.66. The van der Waals surface area contributed by atoms with E-state index in [4.69, 9.17) is 4.42 Å². The number of esters is 1. The molecule has 0 saturated carbocycles. The van der Waals surface area contributed by atoms with Crippen molar-refractivity contribution in [1.29, 1.82) is 0 Å². The predicted molar refractivity (Wildman–Crippen MR) is 117 cm³/mol. The van der Waals surface area contributed by atoms with Crippen molar-refractivity contribution >= 4 is 49.3 Å². The first kappa shape index (κ1) is 22.2. The average molecular weight is 480 g/mol. The van der Waals surface area contributed by atoms with Crippen molar-refractivity contribution in [2.75, 3.05) is 25.5 Å². The van der Waals surface area contributed by atoms with Gasteiger partial charge in [-0.2, -0.15) is 4.31 Å². The van der Waals surface area contributed by atoms with E-state index in [-0.39, 0.29) is 29.0 Å². The fourth-order valence-corrected chi connectivity index (χ4v) is 5.90. The van der Waals surface area contributed by atoms with Crippen LogP contribution in [0.25, 0.3) is 11.1 Å². The van der Waals surface area contributed by atoms with Gasteiger partial charge >= 0.3 is 11.7 Å². The first-order chi connectivity index (χ1) is 15.3. The molecular weight excluding hydrogens is 458 g/mol. The molecule has 1 N–H and O–H groups in total. The van der Waals surface area contributed by atoms with E-state index in [0.717, 1.165) is 12.8 Å². The van der Waals surface area contributed by atoms with Crippen molar-refractivity contribution < 1.29 is 27.2 Å². The number of nitrogens with one attached hydrogen (secondary N) is 1. The van der Waals surface area contributed by atoms with Crippen LogP contribution in [0.1, 0.15) is 29.6 Å². The third kappa shape index (κ3) is 4.20. The molecule has 1 aromatic carbocycles. The molecule has 3 heterocycles. The number of amides is 1. The number of benzene rings is 1. The quantitative estimate of drug-likeness (QED) is 0.515. The van der Waals surface area contributed by atoms with Gasteiger partial charge in [-0.15, -0.1) is 11.3 Å². The predicted octanol–water partition coefficient (Wildman–Crippen LogP) is 2.26. The highest BCUT2D eigenvalue weighted by Gasteiger charge is 2.28. The van der Waals surface area contributed by atoms with Gasteiger partial charge < -0.3 is 14.5 Å². The molecule has 12 heteroatoms. The van der Waals surface area contributed by atoms with Gasteiger partial charge in [0.2, 0.25) is 15.9 Å². The van der Waals surface area contributed by atoms with Gasteiger partial charge in [-0.25, -0.2) is 18.0 Å². The minimum atomic E-state index is -3.64. The van der Waals surface area contributed by atoms with E-state index in [0.29, 0.717) is 23.6 Å². The fourth-order valence-electron chi connectivity index (χ4n) is 3.58. The number of methoxy groups -OCH3 is 1. The van der Waals surface area contributed by atoms with Crippen molar-refractivity contribution in [1.82, 2.24) is 8.87 Å². The molecule has 4 rings (SSSR count). The largest absolute Gasteiger partial charge is 0.465 e. The Bertz CT molecular complexity index is 1330. The number of aryl methyl sites for hydroxylation is 1. The lowest BCUT2D eigenvalue weighted by Crippen LogP contribution is -2.27. The van der Waals surface area contributed by atoms with E-state index < -0.39 is 27.7 Å². The Morgan fingerprint density at radius 1 is 1.22 bits per heavy atom. The molecule has 1 aliphatic heterocycles. The second-order valence-electron chi connectivity index (χ2n) is 7.21. The topological polar surface area (TPSA) is 128 Å². The Hall–Kier alpha value is -2.96. The third-order valence-electron chi connectivity index (χ3n) is 5.23. The minimum Gasteiger partial charge on any atom is -0.465 e. The van der Waals surface area contributed by atoms with Gasteiger partial charge in [-0.05, 0) is 36.4 Å². The standard InChI is InChI=1S/C20H21N3O7S2/c1-29-19(25)14-7-11-31-18(14)21-17(24)6-10-23-15-5-4-13(12-16(15)30-20(23)26)32(27,28)22-8-2-3-9-22/h4-5,7,11-12H,2-3,6,8-10H2,1H3,(H,21,24). The van der Waals surface area contributed by atoms with Gasteiger partial charge in [0.25, 0.3) is 0 Å². The van der Waals surface area contributed by atoms with Crippen LogP contribution in [0, 0.1) is 0 Å². The molecule has 32 heavy (non-hydrogen) atoms. The van der Waals surface area contributed by atoms with Gasteiger partial charge in [0, 0.05) is 32.1 Å². The Morgan fingerprint density at radius 2 is 1.97 bits per heavy atom. The summed E-state index contributed by atoms with van der Waals surface area (Å²) in [5.74, 6) is -1.64. The number of ether oxygens (including phenoxy) is 1. The van der Waals surface area contributed by atoms with Crippen molar-refractivity contribution in [2.45, 2.75) is 30.7 Å². The molecule has 0 spiro atoms. The number of hydrogen-bond acceptors (Lipinski definition) is 8. The molecule has 3 aromatic rings. The summed E-state index contributed by atoms with van der Waals surface area (Å²) in [7, 11) is -2.39. The lowest BCUT2D eigenvalue weighted by Gasteiger charge is -2.15. The molecule has 2 aromatic heterocycles. The second-order valence-corrected chi connectivity index (χ2v) is 10.1. The maximum Gasteiger partial charge on any atom is 0.419 e. The van der Waals surface area contributed by atoms with Crippen LogP contribution >= 0.6 is 11.3 Å². The van der Waals surface area contributed by atoms with Crippen LogP contribution in [0.2, 0.25) is 0 Å². The number of nitrogens with zero attached hydrogens (tertiary/aromatic N) is 2. The Balaban J connectivity index is 1.50. The number of aromatic nitrogens is 1. The minimum absolute atomic E-state index is 0.0226. The van der Waals surface area contributed by atoms with Gasteiger partial charge in [0.05, 0.1) is 23.1 Å². The lowest BCUT2D eigenvalue weighted by atomic mass is 10.3. The van der Waals surface area contributed by atoms with E-state index in [9.17, 15) is 22.8 Å². The smallest absolute Gasteiger partial charge is 0.419 e. The lowest BCUT2D eigenvalue weighted by molar-refractivity contribution is -0.116. The maximum atomic E-state index is 12.7. The van der Waals surface area contributed by atoms with Crippen molar-refractivity contribution in [2.24, 2.45) is 0 Å². The zero-order chi connectivity index (χ0) is 22.9. The van der Waals surface area contributed by atoms with Crippen LogP contribution in [0.4, 0.5) is 5.00 Å². The van der Waals surface area contributed by atoms with Gasteiger partial charge in [-0.1, -0.05) is 0 Å².